The number of carbonyl (C=O) groups excluding carboxylic acids is 1. The van der Waals surface area contributed by atoms with Gasteiger partial charge in [-0.3, -0.25) is 4.79 Å². The van der Waals surface area contributed by atoms with Crippen LogP contribution >= 0.6 is 0 Å². The van der Waals surface area contributed by atoms with Gasteiger partial charge in [0.1, 0.15) is 12.3 Å². The largest absolute Gasteiger partial charge is 0.466 e. The fourth-order valence-corrected chi connectivity index (χ4v) is 3.87. The van der Waals surface area contributed by atoms with E-state index in [1.807, 2.05) is 18.2 Å². The maximum absolute atomic E-state index is 14.9. The molecule has 0 radical (unpaired) electrons. The first-order chi connectivity index (χ1) is 15.5. The summed E-state index contributed by atoms with van der Waals surface area (Å²) in [4.78, 5) is 21.7. The number of carbonyl (C=O) groups is 1. The van der Waals surface area contributed by atoms with Crippen molar-refractivity contribution < 1.29 is 22.7 Å². The summed E-state index contributed by atoms with van der Waals surface area (Å²) in [5.41, 5.74) is 1.46. The lowest BCUT2D eigenvalue weighted by atomic mass is 9.90. The number of para-hydroxylation sites is 1. The molecule has 3 heterocycles. The number of benzene rings is 2. The smallest absolute Gasteiger partial charge is 0.287 e. The van der Waals surface area contributed by atoms with Gasteiger partial charge >= 0.3 is 0 Å². The molecule has 162 valence electrons. The van der Waals surface area contributed by atoms with E-state index in [2.05, 4.69) is 15.3 Å². The lowest BCUT2D eigenvalue weighted by Crippen LogP contribution is -2.61. The Morgan fingerprint density at radius 3 is 2.84 bits per heavy atom. The number of hydrogen-bond donors (Lipinski definition) is 1. The lowest BCUT2D eigenvalue weighted by molar-refractivity contribution is -0.124. The number of Topliss-reactive ketones (excluding diaryl/α,β-unsaturated/α-hetero) is 1. The van der Waals surface area contributed by atoms with Gasteiger partial charge in [-0.25, -0.2) is 18.7 Å². The van der Waals surface area contributed by atoms with Crippen LogP contribution in [0.15, 0.2) is 77.5 Å². The molecular formula is C24H19F2N3O3. The van der Waals surface area contributed by atoms with E-state index in [0.717, 1.165) is 5.39 Å². The summed E-state index contributed by atoms with van der Waals surface area (Å²) in [6.07, 6.45) is 0.773. The van der Waals surface area contributed by atoms with Gasteiger partial charge in [0.25, 0.3) is 5.92 Å². The van der Waals surface area contributed by atoms with E-state index < -0.39 is 30.3 Å². The minimum atomic E-state index is -3.21. The zero-order valence-electron chi connectivity index (χ0n) is 16.9. The molecule has 1 saturated heterocycles. The highest BCUT2D eigenvalue weighted by molar-refractivity contribution is 6.01. The number of piperidine rings is 1. The maximum atomic E-state index is 14.9. The molecule has 0 aliphatic carbocycles. The van der Waals surface area contributed by atoms with Gasteiger partial charge in [0.2, 0.25) is 11.8 Å². The molecule has 1 fully saturated rings. The first-order valence-electron chi connectivity index (χ1n) is 10.2. The minimum Gasteiger partial charge on any atom is -0.466 e. The van der Waals surface area contributed by atoms with Crippen LogP contribution in [0.4, 0.5) is 8.78 Å². The molecule has 2 aromatic carbocycles. The van der Waals surface area contributed by atoms with E-state index in [0.29, 0.717) is 17.0 Å². The van der Waals surface area contributed by atoms with Crippen molar-refractivity contribution in [3.63, 3.8) is 0 Å². The first-order valence-corrected chi connectivity index (χ1v) is 10.2. The number of rotatable bonds is 5. The summed E-state index contributed by atoms with van der Waals surface area (Å²) >= 11 is 0. The molecule has 1 aliphatic heterocycles. The quantitative estimate of drug-likeness (QED) is 0.465. The zero-order valence-corrected chi connectivity index (χ0v) is 16.9. The molecule has 2 unspecified atom stereocenters. The Balaban J connectivity index is 1.46. The second kappa shape index (κ2) is 8.12. The third kappa shape index (κ3) is 3.85. The van der Waals surface area contributed by atoms with Crippen molar-refractivity contribution in [2.24, 2.45) is 0 Å². The molecule has 2 aromatic heterocycles. The standard InChI is InChI=1S/C24H19F2N3O3/c25-24(26)10-11-27-20(21(30)16-5-3-6-17(14-16)23-28-12-13-31-23)22(24)32-19-9-8-15-4-1-2-7-18(15)29-19/h1-9,12-14,20,22,27H,10-11H2. The van der Waals surface area contributed by atoms with Crippen molar-refractivity contribution in [3.05, 3.63) is 78.7 Å². The molecule has 0 spiro atoms. The number of oxazole rings is 1. The number of ketones is 1. The molecule has 5 rings (SSSR count). The second-order valence-electron chi connectivity index (χ2n) is 7.61. The van der Waals surface area contributed by atoms with E-state index in [9.17, 15) is 13.6 Å². The van der Waals surface area contributed by atoms with Crippen molar-refractivity contribution in [2.45, 2.75) is 24.5 Å². The summed E-state index contributed by atoms with van der Waals surface area (Å²) in [7, 11) is 0. The highest BCUT2D eigenvalue weighted by Crippen LogP contribution is 2.33. The van der Waals surface area contributed by atoms with Gasteiger partial charge in [-0.05, 0) is 24.3 Å². The summed E-state index contributed by atoms with van der Waals surface area (Å²) in [6, 6.07) is 15.9. The van der Waals surface area contributed by atoms with Gasteiger partial charge in [0.15, 0.2) is 11.9 Å². The lowest BCUT2D eigenvalue weighted by Gasteiger charge is -2.37. The van der Waals surface area contributed by atoms with Crippen molar-refractivity contribution in [1.29, 1.82) is 0 Å². The summed E-state index contributed by atoms with van der Waals surface area (Å²) in [6.45, 7) is -0.00611. The number of hydrogen-bond acceptors (Lipinski definition) is 6. The molecule has 1 aliphatic rings. The second-order valence-corrected chi connectivity index (χ2v) is 7.61. The van der Waals surface area contributed by atoms with Crippen molar-refractivity contribution in [2.75, 3.05) is 6.54 Å². The molecule has 4 aromatic rings. The van der Waals surface area contributed by atoms with Gasteiger partial charge in [0, 0.05) is 35.5 Å². The number of alkyl halides is 2. The average molecular weight is 435 g/mol. The Morgan fingerprint density at radius 2 is 2.00 bits per heavy atom. The highest BCUT2D eigenvalue weighted by Gasteiger charge is 2.51. The zero-order chi connectivity index (χ0) is 22.1. The normalized spacial score (nSPS) is 20.2. The number of aromatic nitrogens is 2. The Morgan fingerprint density at radius 1 is 1.12 bits per heavy atom. The van der Waals surface area contributed by atoms with Crippen LogP contribution in [-0.4, -0.2) is 40.4 Å². The van der Waals surface area contributed by atoms with Crippen LogP contribution in [0.3, 0.4) is 0 Å². The SMILES string of the molecule is O=C(c1cccc(-c2ncco2)c1)C1NCCC(F)(F)C1Oc1ccc2ccccc2n1. The molecule has 0 amide bonds. The van der Waals surface area contributed by atoms with Gasteiger partial charge in [-0.2, -0.15) is 0 Å². The number of nitrogens with one attached hydrogen (secondary N) is 1. The number of nitrogens with zero attached hydrogens (tertiary/aromatic N) is 2. The predicted octanol–water partition coefficient (Wildman–Crippen LogP) is 4.52. The molecule has 1 N–H and O–H groups in total. The molecular weight excluding hydrogens is 416 g/mol. The summed E-state index contributed by atoms with van der Waals surface area (Å²) in [5, 5.41) is 3.78. The first kappa shape index (κ1) is 20.3. The van der Waals surface area contributed by atoms with Gasteiger partial charge in [-0.15, -0.1) is 0 Å². The van der Waals surface area contributed by atoms with E-state index in [4.69, 9.17) is 9.15 Å². The fraction of sp³-hybridized carbons (Fsp3) is 0.208. The van der Waals surface area contributed by atoms with Crippen LogP contribution in [0, 0.1) is 0 Å². The van der Waals surface area contributed by atoms with Crippen LogP contribution in [0.1, 0.15) is 16.8 Å². The van der Waals surface area contributed by atoms with E-state index >= 15 is 0 Å². The highest BCUT2D eigenvalue weighted by atomic mass is 19.3. The van der Waals surface area contributed by atoms with Crippen LogP contribution < -0.4 is 10.1 Å². The predicted molar refractivity (Wildman–Crippen MR) is 114 cm³/mol. The van der Waals surface area contributed by atoms with Gasteiger partial charge in [-0.1, -0.05) is 30.3 Å². The fourth-order valence-electron chi connectivity index (χ4n) is 3.87. The average Bonchev–Trinajstić information content (AvgIpc) is 3.35. The van der Waals surface area contributed by atoms with Crippen molar-refractivity contribution >= 4 is 16.7 Å². The number of pyridine rings is 1. The third-order valence-electron chi connectivity index (χ3n) is 5.47. The Hall–Kier alpha value is -3.65. The Labute approximate surface area is 182 Å². The van der Waals surface area contributed by atoms with Crippen molar-refractivity contribution in [3.8, 4) is 17.3 Å². The summed E-state index contributed by atoms with van der Waals surface area (Å²) < 4.78 is 40.8. The number of ether oxygens (including phenoxy) is 1. The molecule has 8 heteroatoms. The minimum absolute atomic E-state index is 0.00611. The monoisotopic (exact) mass is 435 g/mol. The van der Waals surface area contributed by atoms with Gasteiger partial charge in [0.05, 0.1) is 11.7 Å². The van der Waals surface area contributed by atoms with Crippen LogP contribution in [-0.2, 0) is 0 Å². The molecule has 32 heavy (non-hydrogen) atoms. The van der Waals surface area contributed by atoms with Crippen LogP contribution in [0.5, 0.6) is 5.88 Å². The topological polar surface area (TPSA) is 77.2 Å². The van der Waals surface area contributed by atoms with E-state index in [1.54, 1.807) is 36.4 Å². The van der Waals surface area contributed by atoms with Crippen LogP contribution in [0.25, 0.3) is 22.4 Å². The molecule has 0 saturated carbocycles. The van der Waals surface area contributed by atoms with Crippen molar-refractivity contribution in [1.82, 2.24) is 15.3 Å². The van der Waals surface area contributed by atoms with Gasteiger partial charge < -0.3 is 14.5 Å². The molecule has 6 nitrogen and oxygen atoms in total. The van der Waals surface area contributed by atoms with E-state index in [1.165, 1.54) is 18.5 Å². The number of halogens is 2. The summed E-state index contributed by atoms with van der Waals surface area (Å²) in [5.74, 6) is -3.32. The Bertz CT molecular complexity index is 1260. The molecule has 0 bridgehead atoms. The molecule has 2 atom stereocenters. The maximum Gasteiger partial charge on any atom is 0.287 e. The number of fused-ring (bicyclic) bond motifs is 1. The third-order valence-corrected chi connectivity index (χ3v) is 5.47. The Kier molecular flexibility index (Phi) is 5.14. The van der Waals surface area contributed by atoms with Crippen LogP contribution in [0.2, 0.25) is 0 Å². The van der Waals surface area contributed by atoms with E-state index in [-0.39, 0.29) is 18.0 Å².